The van der Waals surface area contributed by atoms with Crippen LogP contribution in [-0.4, -0.2) is 18.5 Å². The molecule has 5 nitrogen and oxygen atoms in total. The zero-order valence-corrected chi connectivity index (χ0v) is 8.93. The molecule has 0 radical (unpaired) electrons. The van der Waals surface area contributed by atoms with Gasteiger partial charge in [0, 0.05) is 16.7 Å². The number of hydrogen-bond acceptors (Lipinski definition) is 5. The van der Waals surface area contributed by atoms with Crippen molar-refractivity contribution in [2.45, 2.75) is 11.5 Å². The van der Waals surface area contributed by atoms with Crippen molar-refractivity contribution in [3.63, 3.8) is 0 Å². The van der Waals surface area contributed by atoms with E-state index < -0.39 is 37.5 Å². The number of alkyl halides is 2. The number of pyridine rings is 1. The molecule has 1 rings (SSSR count). The van der Waals surface area contributed by atoms with E-state index in [0.717, 1.165) is 0 Å². The van der Waals surface area contributed by atoms with Gasteiger partial charge in [-0.15, -0.1) is 0 Å². The van der Waals surface area contributed by atoms with E-state index >= 15 is 0 Å². The molecule has 0 aliphatic rings. The molecule has 16 heavy (non-hydrogen) atoms. The number of halogens is 3. The third-order valence-corrected chi connectivity index (χ3v) is 2.76. The molecular formula is C7H3ClF2N2O3S. The second-order valence-electron chi connectivity index (χ2n) is 2.60. The van der Waals surface area contributed by atoms with Crippen LogP contribution in [0.25, 0.3) is 0 Å². The monoisotopic (exact) mass is 268 g/mol. The largest absolute Gasteiger partial charge is 0.505 e. The average Bonchev–Trinajstić information content (AvgIpc) is 2.14. The molecule has 86 valence electrons. The standard InChI is InChI=1S/C7H3ClF2N2O3S/c8-16(14,15)7-4(13)1-3(2-11)5(12-7)6(9)10/h1,6,13H. The van der Waals surface area contributed by atoms with Crippen molar-refractivity contribution >= 4 is 19.7 Å². The average molecular weight is 269 g/mol. The second-order valence-corrected chi connectivity index (χ2v) is 5.08. The summed E-state index contributed by atoms with van der Waals surface area (Å²) in [6.07, 6.45) is -3.15. The van der Waals surface area contributed by atoms with Crippen LogP contribution >= 0.6 is 10.7 Å². The molecule has 0 aliphatic heterocycles. The fourth-order valence-corrected chi connectivity index (χ4v) is 1.79. The number of aromatic hydroxyl groups is 1. The Morgan fingerprint density at radius 2 is 2.12 bits per heavy atom. The molecule has 0 amide bonds. The normalized spacial score (nSPS) is 11.4. The van der Waals surface area contributed by atoms with Gasteiger partial charge in [-0.05, 0) is 0 Å². The molecule has 1 aromatic heterocycles. The summed E-state index contributed by atoms with van der Waals surface area (Å²) in [5.74, 6) is -0.948. The number of nitriles is 1. The van der Waals surface area contributed by atoms with Crippen LogP contribution in [0.2, 0.25) is 0 Å². The van der Waals surface area contributed by atoms with E-state index in [1.165, 1.54) is 6.07 Å². The van der Waals surface area contributed by atoms with Crippen LogP contribution < -0.4 is 0 Å². The minimum atomic E-state index is -4.45. The zero-order valence-electron chi connectivity index (χ0n) is 7.35. The molecule has 0 atom stereocenters. The van der Waals surface area contributed by atoms with Gasteiger partial charge in [-0.25, -0.2) is 22.2 Å². The van der Waals surface area contributed by atoms with Crippen LogP contribution in [-0.2, 0) is 9.05 Å². The summed E-state index contributed by atoms with van der Waals surface area (Å²) in [7, 11) is 0.412. The van der Waals surface area contributed by atoms with Gasteiger partial charge in [0.1, 0.15) is 11.8 Å². The molecular weight excluding hydrogens is 266 g/mol. The van der Waals surface area contributed by atoms with Crippen molar-refractivity contribution < 1.29 is 22.3 Å². The number of aromatic nitrogens is 1. The molecule has 0 unspecified atom stereocenters. The fourth-order valence-electron chi connectivity index (χ4n) is 0.935. The number of rotatable bonds is 2. The van der Waals surface area contributed by atoms with Crippen molar-refractivity contribution in [3.05, 3.63) is 17.3 Å². The Balaban J connectivity index is 3.60. The van der Waals surface area contributed by atoms with E-state index in [1.807, 2.05) is 0 Å². The predicted octanol–water partition coefficient (Wildman–Crippen LogP) is 1.52. The maximum atomic E-state index is 12.4. The molecule has 0 saturated heterocycles. The summed E-state index contributed by atoms with van der Waals surface area (Å²) in [6.45, 7) is 0. The molecule has 0 aliphatic carbocycles. The van der Waals surface area contributed by atoms with Crippen molar-refractivity contribution in [1.82, 2.24) is 4.98 Å². The third kappa shape index (κ3) is 2.37. The van der Waals surface area contributed by atoms with Gasteiger partial charge in [0.25, 0.3) is 15.5 Å². The molecule has 0 fully saturated rings. The Bertz CT molecular complexity index is 568. The Hall–Kier alpha value is -1.46. The highest BCUT2D eigenvalue weighted by molar-refractivity contribution is 8.13. The lowest BCUT2D eigenvalue weighted by molar-refractivity contribution is 0.144. The zero-order chi connectivity index (χ0) is 12.5. The van der Waals surface area contributed by atoms with Crippen LogP contribution in [0.4, 0.5) is 8.78 Å². The highest BCUT2D eigenvalue weighted by Crippen LogP contribution is 2.30. The highest BCUT2D eigenvalue weighted by Gasteiger charge is 2.24. The molecule has 0 saturated carbocycles. The van der Waals surface area contributed by atoms with Crippen LogP contribution in [0.1, 0.15) is 17.7 Å². The summed E-state index contributed by atoms with van der Waals surface area (Å²) in [5.41, 5.74) is -1.66. The van der Waals surface area contributed by atoms with Gasteiger partial charge < -0.3 is 5.11 Å². The first-order chi connectivity index (χ1) is 7.27. The van der Waals surface area contributed by atoms with Crippen molar-refractivity contribution in [2.75, 3.05) is 0 Å². The van der Waals surface area contributed by atoms with Gasteiger partial charge in [0.15, 0.2) is 5.75 Å². The lowest BCUT2D eigenvalue weighted by Gasteiger charge is -2.05. The third-order valence-electron chi connectivity index (χ3n) is 1.56. The van der Waals surface area contributed by atoms with E-state index in [9.17, 15) is 17.2 Å². The van der Waals surface area contributed by atoms with Gasteiger partial charge in [0.2, 0.25) is 5.03 Å². The van der Waals surface area contributed by atoms with Crippen molar-refractivity contribution in [2.24, 2.45) is 0 Å². The van der Waals surface area contributed by atoms with Crippen LogP contribution in [0.5, 0.6) is 5.75 Å². The van der Waals surface area contributed by atoms with Gasteiger partial charge >= 0.3 is 0 Å². The van der Waals surface area contributed by atoms with E-state index in [-0.39, 0.29) is 0 Å². The number of hydrogen-bond donors (Lipinski definition) is 1. The van der Waals surface area contributed by atoms with E-state index in [0.29, 0.717) is 6.07 Å². The van der Waals surface area contributed by atoms with Gasteiger partial charge in [-0.2, -0.15) is 5.26 Å². The summed E-state index contributed by atoms with van der Waals surface area (Å²) < 4.78 is 46.4. The molecule has 0 spiro atoms. The number of nitrogens with zero attached hydrogens (tertiary/aromatic N) is 2. The lowest BCUT2D eigenvalue weighted by Crippen LogP contribution is -2.03. The van der Waals surface area contributed by atoms with Crippen molar-refractivity contribution in [1.29, 1.82) is 5.26 Å². The smallest absolute Gasteiger partial charge is 0.282 e. The molecule has 9 heteroatoms. The summed E-state index contributed by atoms with van der Waals surface area (Å²) in [4.78, 5) is 2.97. The van der Waals surface area contributed by atoms with Crippen LogP contribution in [0.15, 0.2) is 11.1 Å². The van der Waals surface area contributed by atoms with E-state index in [2.05, 4.69) is 4.98 Å². The maximum Gasteiger partial charge on any atom is 0.282 e. The lowest BCUT2D eigenvalue weighted by atomic mass is 10.2. The Kier molecular flexibility index (Phi) is 3.30. The Morgan fingerprint density at radius 3 is 2.50 bits per heavy atom. The molecule has 1 heterocycles. The highest BCUT2D eigenvalue weighted by atomic mass is 35.7. The van der Waals surface area contributed by atoms with Gasteiger partial charge in [0.05, 0.1) is 5.56 Å². The molecule has 1 N–H and O–H groups in total. The first kappa shape index (κ1) is 12.6. The minimum absolute atomic E-state index is 0.573. The Labute approximate surface area is 93.3 Å². The topological polar surface area (TPSA) is 91.0 Å². The second kappa shape index (κ2) is 4.19. The van der Waals surface area contributed by atoms with Crippen LogP contribution in [0.3, 0.4) is 0 Å². The van der Waals surface area contributed by atoms with Gasteiger partial charge in [-0.3, -0.25) is 0 Å². The molecule has 1 aromatic rings. The predicted molar refractivity (Wildman–Crippen MR) is 48.6 cm³/mol. The summed E-state index contributed by atoms with van der Waals surface area (Å²) in [5, 5.41) is 16.5. The quantitative estimate of drug-likeness (QED) is 0.821. The molecule has 0 bridgehead atoms. The summed E-state index contributed by atoms with van der Waals surface area (Å²) >= 11 is 0. The molecule has 0 aromatic carbocycles. The fraction of sp³-hybridized carbons (Fsp3) is 0.143. The minimum Gasteiger partial charge on any atom is -0.505 e. The van der Waals surface area contributed by atoms with E-state index in [1.54, 1.807) is 0 Å². The first-order valence-corrected chi connectivity index (χ1v) is 5.95. The first-order valence-electron chi connectivity index (χ1n) is 3.64. The summed E-state index contributed by atoms with van der Waals surface area (Å²) in [6, 6.07) is 1.93. The van der Waals surface area contributed by atoms with E-state index in [4.69, 9.17) is 21.1 Å². The SMILES string of the molecule is N#Cc1cc(O)c(S(=O)(=O)Cl)nc1C(F)F. The maximum absolute atomic E-state index is 12.4. The van der Waals surface area contributed by atoms with Crippen LogP contribution in [0, 0.1) is 11.3 Å². The van der Waals surface area contributed by atoms with Crippen molar-refractivity contribution in [3.8, 4) is 11.8 Å². The Morgan fingerprint density at radius 1 is 1.56 bits per heavy atom. The van der Waals surface area contributed by atoms with Gasteiger partial charge in [-0.1, -0.05) is 0 Å².